The SMILES string of the molecule is NCc1cc(C(=O)N2CCC(CCC(=O)O)C2)ccn1. The van der Waals surface area contributed by atoms with E-state index in [1.807, 2.05) is 0 Å². The van der Waals surface area contributed by atoms with Crippen molar-refractivity contribution in [1.82, 2.24) is 9.88 Å². The number of nitrogens with zero attached hydrogens (tertiary/aromatic N) is 2. The van der Waals surface area contributed by atoms with Crippen molar-refractivity contribution < 1.29 is 14.7 Å². The molecule has 2 heterocycles. The minimum absolute atomic E-state index is 0.0278. The van der Waals surface area contributed by atoms with Gasteiger partial charge >= 0.3 is 5.97 Å². The zero-order chi connectivity index (χ0) is 14.5. The zero-order valence-electron chi connectivity index (χ0n) is 11.3. The van der Waals surface area contributed by atoms with Gasteiger partial charge in [0.15, 0.2) is 0 Å². The predicted molar refractivity (Wildman–Crippen MR) is 73.0 cm³/mol. The van der Waals surface area contributed by atoms with Gasteiger partial charge < -0.3 is 15.7 Å². The molecule has 2 rings (SSSR count). The van der Waals surface area contributed by atoms with Gasteiger partial charge in [-0.05, 0) is 30.9 Å². The van der Waals surface area contributed by atoms with Gasteiger partial charge in [0, 0.05) is 37.8 Å². The van der Waals surface area contributed by atoms with Crippen molar-refractivity contribution >= 4 is 11.9 Å². The molecule has 6 heteroatoms. The Balaban J connectivity index is 1.95. The van der Waals surface area contributed by atoms with Crippen LogP contribution in [0.1, 0.15) is 35.3 Å². The highest BCUT2D eigenvalue weighted by molar-refractivity contribution is 5.94. The first-order valence-electron chi connectivity index (χ1n) is 6.76. The van der Waals surface area contributed by atoms with Crippen LogP contribution in [-0.2, 0) is 11.3 Å². The molecule has 3 N–H and O–H groups in total. The number of aromatic nitrogens is 1. The number of carbonyl (C=O) groups excluding carboxylic acids is 1. The number of rotatable bonds is 5. The van der Waals surface area contributed by atoms with Gasteiger partial charge in [0.25, 0.3) is 5.91 Å². The number of carboxylic acids is 1. The highest BCUT2D eigenvalue weighted by atomic mass is 16.4. The molecule has 0 radical (unpaired) electrons. The first-order valence-corrected chi connectivity index (χ1v) is 6.76. The largest absolute Gasteiger partial charge is 0.481 e. The van der Waals surface area contributed by atoms with Crippen LogP contribution >= 0.6 is 0 Å². The van der Waals surface area contributed by atoms with Crippen molar-refractivity contribution in [2.45, 2.75) is 25.8 Å². The smallest absolute Gasteiger partial charge is 0.303 e. The predicted octanol–water partition coefficient (Wildman–Crippen LogP) is 0.867. The van der Waals surface area contributed by atoms with E-state index < -0.39 is 5.97 Å². The Hall–Kier alpha value is -1.95. The van der Waals surface area contributed by atoms with Crippen molar-refractivity contribution in [3.05, 3.63) is 29.6 Å². The molecular formula is C14H19N3O3. The van der Waals surface area contributed by atoms with E-state index in [9.17, 15) is 9.59 Å². The van der Waals surface area contributed by atoms with Gasteiger partial charge in [-0.2, -0.15) is 0 Å². The van der Waals surface area contributed by atoms with Gasteiger partial charge in [0.2, 0.25) is 0 Å². The number of aliphatic carboxylic acids is 1. The summed E-state index contributed by atoms with van der Waals surface area (Å²) in [5.74, 6) is -0.526. The maximum Gasteiger partial charge on any atom is 0.303 e. The summed E-state index contributed by atoms with van der Waals surface area (Å²) in [4.78, 5) is 28.8. The molecule has 1 fully saturated rings. The molecule has 1 unspecified atom stereocenters. The van der Waals surface area contributed by atoms with Crippen molar-refractivity contribution in [2.24, 2.45) is 11.7 Å². The van der Waals surface area contributed by atoms with E-state index in [0.717, 1.165) is 6.42 Å². The first kappa shape index (κ1) is 14.5. The lowest BCUT2D eigenvalue weighted by Crippen LogP contribution is -2.29. The Kier molecular flexibility index (Phi) is 4.68. The summed E-state index contributed by atoms with van der Waals surface area (Å²) >= 11 is 0. The molecule has 0 bridgehead atoms. The number of hydrogen-bond acceptors (Lipinski definition) is 4. The van der Waals surface area contributed by atoms with Crippen LogP contribution in [0.5, 0.6) is 0 Å². The normalized spacial score (nSPS) is 18.2. The molecule has 1 aromatic heterocycles. The maximum atomic E-state index is 12.3. The van der Waals surface area contributed by atoms with Gasteiger partial charge in [-0.15, -0.1) is 0 Å². The second-order valence-electron chi connectivity index (χ2n) is 5.08. The molecular weight excluding hydrogens is 258 g/mol. The molecule has 1 amide bonds. The fourth-order valence-corrected chi connectivity index (χ4v) is 2.49. The summed E-state index contributed by atoms with van der Waals surface area (Å²) in [5, 5.41) is 8.69. The van der Waals surface area contributed by atoms with E-state index in [1.165, 1.54) is 0 Å². The summed E-state index contributed by atoms with van der Waals surface area (Å²) in [6, 6.07) is 3.40. The molecule has 1 aliphatic heterocycles. The van der Waals surface area contributed by atoms with E-state index in [4.69, 9.17) is 10.8 Å². The molecule has 1 atom stereocenters. The second kappa shape index (κ2) is 6.47. The van der Waals surface area contributed by atoms with Gasteiger partial charge in [-0.25, -0.2) is 0 Å². The Bertz CT molecular complexity index is 504. The van der Waals surface area contributed by atoms with E-state index in [1.54, 1.807) is 23.2 Å². The van der Waals surface area contributed by atoms with E-state index in [2.05, 4.69) is 4.98 Å². The summed E-state index contributed by atoms with van der Waals surface area (Å²) in [6.45, 7) is 1.62. The van der Waals surface area contributed by atoms with Crippen LogP contribution in [0.2, 0.25) is 0 Å². The molecule has 20 heavy (non-hydrogen) atoms. The molecule has 0 spiro atoms. The highest BCUT2D eigenvalue weighted by Crippen LogP contribution is 2.22. The number of nitrogens with two attached hydrogens (primary N) is 1. The quantitative estimate of drug-likeness (QED) is 0.832. The van der Waals surface area contributed by atoms with Gasteiger partial charge in [0.1, 0.15) is 0 Å². The molecule has 1 aromatic rings. The minimum Gasteiger partial charge on any atom is -0.481 e. The minimum atomic E-state index is -0.781. The Morgan fingerprint density at radius 2 is 2.30 bits per heavy atom. The molecule has 0 aromatic carbocycles. The second-order valence-corrected chi connectivity index (χ2v) is 5.08. The monoisotopic (exact) mass is 277 g/mol. The highest BCUT2D eigenvalue weighted by Gasteiger charge is 2.27. The molecule has 108 valence electrons. The molecule has 6 nitrogen and oxygen atoms in total. The fourth-order valence-electron chi connectivity index (χ4n) is 2.49. The fraction of sp³-hybridized carbons (Fsp3) is 0.500. The van der Waals surface area contributed by atoms with Crippen LogP contribution < -0.4 is 5.73 Å². The number of pyridine rings is 1. The Morgan fingerprint density at radius 1 is 1.50 bits per heavy atom. The number of carbonyl (C=O) groups is 2. The Labute approximate surface area is 117 Å². The average Bonchev–Trinajstić information content (AvgIpc) is 2.93. The zero-order valence-corrected chi connectivity index (χ0v) is 11.3. The lowest BCUT2D eigenvalue weighted by Gasteiger charge is -2.16. The number of amides is 1. The summed E-state index contributed by atoms with van der Waals surface area (Å²) < 4.78 is 0. The number of likely N-dealkylation sites (tertiary alicyclic amines) is 1. The van der Waals surface area contributed by atoms with Crippen LogP contribution in [-0.4, -0.2) is 40.0 Å². The van der Waals surface area contributed by atoms with Crippen LogP contribution in [0.3, 0.4) is 0 Å². The summed E-state index contributed by atoms with van der Waals surface area (Å²) in [7, 11) is 0. The number of hydrogen-bond donors (Lipinski definition) is 2. The van der Waals surface area contributed by atoms with Crippen molar-refractivity contribution in [1.29, 1.82) is 0 Å². The van der Waals surface area contributed by atoms with Crippen LogP contribution in [0.15, 0.2) is 18.3 Å². The summed E-state index contributed by atoms with van der Waals surface area (Å²) in [6.07, 6.45) is 3.25. The topological polar surface area (TPSA) is 96.5 Å². The van der Waals surface area contributed by atoms with Gasteiger partial charge in [-0.1, -0.05) is 0 Å². The van der Waals surface area contributed by atoms with Gasteiger partial charge in [0.05, 0.1) is 5.69 Å². The van der Waals surface area contributed by atoms with E-state index >= 15 is 0 Å². The Morgan fingerprint density at radius 3 is 3.00 bits per heavy atom. The molecule has 0 aliphatic carbocycles. The third-order valence-electron chi connectivity index (χ3n) is 3.61. The number of carboxylic acid groups (broad SMARTS) is 1. The van der Waals surface area contributed by atoms with E-state index in [0.29, 0.717) is 37.3 Å². The van der Waals surface area contributed by atoms with Crippen molar-refractivity contribution in [3.8, 4) is 0 Å². The molecule has 1 aliphatic rings. The maximum absolute atomic E-state index is 12.3. The molecule has 1 saturated heterocycles. The van der Waals surface area contributed by atoms with Gasteiger partial charge in [-0.3, -0.25) is 14.6 Å². The average molecular weight is 277 g/mol. The van der Waals surface area contributed by atoms with Crippen LogP contribution in [0, 0.1) is 5.92 Å². The van der Waals surface area contributed by atoms with E-state index in [-0.39, 0.29) is 18.2 Å². The van der Waals surface area contributed by atoms with Crippen molar-refractivity contribution in [2.75, 3.05) is 13.1 Å². The van der Waals surface area contributed by atoms with Crippen LogP contribution in [0.25, 0.3) is 0 Å². The van der Waals surface area contributed by atoms with Crippen molar-refractivity contribution in [3.63, 3.8) is 0 Å². The lowest BCUT2D eigenvalue weighted by molar-refractivity contribution is -0.137. The molecule has 0 saturated carbocycles. The lowest BCUT2D eigenvalue weighted by atomic mass is 10.0. The van der Waals surface area contributed by atoms with Crippen LogP contribution in [0.4, 0.5) is 0 Å². The third-order valence-corrected chi connectivity index (χ3v) is 3.61. The standard InChI is InChI=1S/C14H19N3O3/c15-8-12-7-11(3-5-16-12)14(20)17-6-4-10(9-17)1-2-13(18)19/h3,5,7,10H,1-2,4,6,8-9,15H2,(H,18,19). The third kappa shape index (κ3) is 3.54. The first-order chi connectivity index (χ1) is 9.60. The summed E-state index contributed by atoms with van der Waals surface area (Å²) in [5.41, 5.74) is 6.81.